The molecule has 1 N–H and O–H groups in total. The SMILES string of the molecule is Cc1nccn1CC1CCc2c(c3ccccc3n2C)C1=N. The van der Waals surface area contributed by atoms with Gasteiger partial charge in [0.25, 0.3) is 0 Å². The Morgan fingerprint density at radius 3 is 2.91 bits per heavy atom. The molecule has 112 valence electrons. The number of benzene rings is 1. The molecule has 1 unspecified atom stereocenters. The second kappa shape index (κ2) is 4.83. The average molecular weight is 292 g/mol. The number of nitrogens with zero attached hydrogens (tertiary/aromatic N) is 3. The van der Waals surface area contributed by atoms with E-state index in [1.165, 1.54) is 16.6 Å². The van der Waals surface area contributed by atoms with E-state index < -0.39 is 0 Å². The van der Waals surface area contributed by atoms with Crippen molar-refractivity contribution in [3.05, 3.63) is 53.7 Å². The van der Waals surface area contributed by atoms with Crippen LogP contribution in [0.15, 0.2) is 36.7 Å². The number of hydrogen-bond donors (Lipinski definition) is 1. The van der Waals surface area contributed by atoms with Crippen molar-refractivity contribution < 1.29 is 0 Å². The van der Waals surface area contributed by atoms with Gasteiger partial charge in [-0.1, -0.05) is 18.2 Å². The summed E-state index contributed by atoms with van der Waals surface area (Å²) in [5.74, 6) is 1.29. The molecule has 0 radical (unpaired) electrons. The second-order valence-electron chi connectivity index (χ2n) is 6.17. The van der Waals surface area contributed by atoms with Crippen LogP contribution in [0.3, 0.4) is 0 Å². The molecule has 1 aromatic carbocycles. The minimum Gasteiger partial charge on any atom is -0.347 e. The van der Waals surface area contributed by atoms with Crippen LogP contribution in [0.25, 0.3) is 10.9 Å². The van der Waals surface area contributed by atoms with E-state index in [1.807, 2.05) is 19.3 Å². The molecule has 4 nitrogen and oxygen atoms in total. The molecule has 4 heteroatoms. The van der Waals surface area contributed by atoms with Crippen LogP contribution in [0.2, 0.25) is 0 Å². The van der Waals surface area contributed by atoms with E-state index in [0.29, 0.717) is 0 Å². The molecule has 1 aliphatic carbocycles. The number of aromatic nitrogens is 3. The van der Waals surface area contributed by atoms with E-state index in [1.54, 1.807) is 0 Å². The van der Waals surface area contributed by atoms with Crippen LogP contribution in [0, 0.1) is 18.3 Å². The molecule has 3 aromatic rings. The second-order valence-corrected chi connectivity index (χ2v) is 6.17. The number of imidazole rings is 1. The zero-order chi connectivity index (χ0) is 15.3. The van der Waals surface area contributed by atoms with Crippen LogP contribution in [0.5, 0.6) is 0 Å². The quantitative estimate of drug-likeness (QED) is 0.774. The summed E-state index contributed by atoms with van der Waals surface area (Å²) in [6.45, 7) is 2.88. The molecular weight excluding hydrogens is 272 g/mol. The van der Waals surface area contributed by atoms with Crippen molar-refractivity contribution in [3.63, 3.8) is 0 Å². The van der Waals surface area contributed by atoms with Gasteiger partial charge in [0, 0.05) is 59.8 Å². The Kier molecular flexibility index (Phi) is 2.93. The van der Waals surface area contributed by atoms with Crippen molar-refractivity contribution in [3.8, 4) is 0 Å². The molecule has 1 atom stereocenters. The van der Waals surface area contributed by atoms with Crippen molar-refractivity contribution in [2.24, 2.45) is 13.0 Å². The fourth-order valence-corrected chi connectivity index (χ4v) is 3.72. The molecule has 0 aliphatic heterocycles. The Morgan fingerprint density at radius 2 is 2.14 bits per heavy atom. The maximum Gasteiger partial charge on any atom is 0.105 e. The van der Waals surface area contributed by atoms with Gasteiger partial charge in [-0.2, -0.15) is 0 Å². The highest BCUT2D eigenvalue weighted by Crippen LogP contribution is 2.34. The van der Waals surface area contributed by atoms with E-state index in [-0.39, 0.29) is 5.92 Å². The molecule has 2 heterocycles. The van der Waals surface area contributed by atoms with E-state index in [2.05, 4.69) is 45.4 Å². The Labute approximate surface area is 129 Å². The maximum absolute atomic E-state index is 8.75. The van der Waals surface area contributed by atoms with Gasteiger partial charge in [-0.25, -0.2) is 4.98 Å². The summed E-state index contributed by atoms with van der Waals surface area (Å²) in [5, 5.41) is 9.97. The lowest BCUT2D eigenvalue weighted by Crippen LogP contribution is -2.27. The highest BCUT2D eigenvalue weighted by Gasteiger charge is 2.29. The lowest BCUT2D eigenvalue weighted by molar-refractivity contribution is 0.498. The van der Waals surface area contributed by atoms with Crippen molar-refractivity contribution in [2.75, 3.05) is 0 Å². The smallest absolute Gasteiger partial charge is 0.105 e. The number of fused-ring (bicyclic) bond motifs is 3. The van der Waals surface area contributed by atoms with E-state index >= 15 is 0 Å². The number of nitrogens with one attached hydrogen (secondary N) is 1. The zero-order valence-electron chi connectivity index (χ0n) is 13.0. The standard InChI is InChI=1S/C18H20N4/c1-12-20-9-10-22(12)11-13-7-8-16-17(18(13)19)14-5-3-4-6-15(14)21(16)2/h3-6,9-10,13,19H,7-8,11H2,1-2H3. The topological polar surface area (TPSA) is 46.6 Å². The van der Waals surface area contributed by atoms with Gasteiger partial charge < -0.3 is 14.5 Å². The maximum atomic E-state index is 8.75. The molecule has 1 aliphatic rings. The Morgan fingerprint density at radius 1 is 1.32 bits per heavy atom. The average Bonchev–Trinajstić information content (AvgIpc) is 3.05. The third-order valence-electron chi connectivity index (χ3n) is 4.98. The summed E-state index contributed by atoms with van der Waals surface area (Å²) >= 11 is 0. The largest absolute Gasteiger partial charge is 0.347 e. The molecule has 4 rings (SSSR count). The Balaban J connectivity index is 1.77. The first-order valence-corrected chi connectivity index (χ1v) is 7.79. The summed E-state index contributed by atoms with van der Waals surface area (Å²) in [5.41, 5.74) is 4.49. The van der Waals surface area contributed by atoms with Crippen LogP contribution in [0.1, 0.15) is 23.5 Å². The van der Waals surface area contributed by atoms with E-state index in [0.717, 1.165) is 36.5 Å². The van der Waals surface area contributed by atoms with Crippen LogP contribution in [0.4, 0.5) is 0 Å². The van der Waals surface area contributed by atoms with Crippen molar-refractivity contribution in [2.45, 2.75) is 26.3 Å². The lowest BCUT2D eigenvalue weighted by atomic mass is 9.84. The van der Waals surface area contributed by atoms with Crippen LogP contribution < -0.4 is 0 Å². The summed E-state index contributed by atoms with van der Waals surface area (Å²) in [6, 6.07) is 8.44. The van der Waals surface area contributed by atoms with Crippen LogP contribution >= 0.6 is 0 Å². The molecule has 0 spiro atoms. The Bertz CT molecular complexity index is 868. The number of hydrogen-bond acceptors (Lipinski definition) is 2. The highest BCUT2D eigenvalue weighted by molar-refractivity contribution is 6.12. The summed E-state index contributed by atoms with van der Waals surface area (Å²) in [4.78, 5) is 4.29. The van der Waals surface area contributed by atoms with Crippen molar-refractivity contribution >= 4 is 16.6 Å². The predicted octanol–water partition coefficient (Wildman–Crippen LogP) is 3.31. The third kappa shape index (κ3) is 1.83. The molecule has 0 saturated heterocycles. The van der Waals surface area contributed by atoms with Gasteiger partial charge in [0.1, 0.15) is 5.82 Å². The minimum atomic E-state index is 0.270. The molecule has 22 heavy (non-hydrogen) atoms. The highest BCUT2D eigenvalue weighted by atomic mass is 15.1. The van der Waals surface area contributed by atoms with Crippen molar-refractivity contribution in [1.82, 2.24) is 14.1 Å². The molecule has 2 aromatic heterocycles. The summed E-state index contributed by atoms with van der Waals surface area (Å²) < 4.78 is 4.42. The van der Waals surface area contributed by atoms with Crippen molar-refractivity contribution in [1.29, 1.82) is 5.41 Å². The van der Waals surface area contributed by atoms with Gasteiger partial charge in [0.15, 0.2) is 0 Å². The third-order valence-corrected chi connectivity index (χ3v) is 4.98. The molecule has 0 bridgehead atoms. The number of para-hydroxylation sites is 1. The molecule has 0 amide bonds. The molecule has 0 saturated carbocycles. The van der Waals surface area contributed by atoms with E-state index in [9.17, 15) is 0 Å². The first-order chi connectivity index (χ1) is 10.7. The van der Waals surface area contributed by atoms with Gasteiger partial charge in [-0.15, -0.1) is 0 Å². The summed E-state index contributed by atoms with van der Waals surface area (Å²) in [7, 11) is 2.12. The van der Waals surface area contributed by atoms with Crippen LogP contribution in [-0.2, 0) is 20.0 Å². The first kappa shape index (κ1) is 13.3. The van der Waals surface area contributed by atoms with Gasteiger partial charge in [0.05, 0.1) is 0 Å². The monoisotopic (exact) mass is 292 g/mol. The molecule has 0 fully saturated rings. The zero-order valence-corrected chi connectivity index (χ0v) is 13.0. The summed E-state index contributed by atoms with van der Waals surface area (Å²) in [6.07, 6.45) is 5.93. The van der Waals surface area contributed by atoms with E-state index in [4.69, 9.17) is 5.41 Å². The minimum absolute atomic E-state index is 0.270. The fraction of sp³-hybridized carbons (Fsp3) is 0.333. The Hall–Kier alpha value is -2.36. The fourth-order valence-electron chi connectivity index (χ4n) is 3.72. The molecular formula is C18H20N4. The van der Waals surface area contributed by atoms with Gasteiger partial charge in [0.2, 0.25) is 0 Å². The number of aryl methyl sites for hydroxylation is 2. The number of rotatable bonds is 2. The first-order valence-electron chi connectivity index (χ1n) is 7.79. The van der Waals surface area contributed by atoms with Gasteiger partial charge in [-0.05, 0) is 25.8 Å². The lowest BCUT2D eigenvalue weighted by Gasteiger charge is -2.25. The van der Waals surface area contributed by atoms with Crippen LogP contribution in [-0.4, -0.2) is 19.8 Å². The van der Waals surface area contributed by atoms with Gasteiger partial charge >= 0.3 is 0 Å². The predicted molar refractivity (Wildman–Crippen MR) is 88.5 cm³/mol. The normalized spacial score (nSPS) is 17.9. The van der Waals surface area contributed by atoms with Gasteiger partial charge in [-0.3, -0.25) is 0 Å².